The van der Waals surface area contributed by atoms with E-state index in [1.54, 1.807) is 0 Å². The molecule has 1 saturated heterocycles. The van der Waals surface area contributed by atoms with E-state index in [0.717, 1.165) is 38.4 Å². The van der Waals surface area contributed by atoms with Crippen LogP contribution in [0.15, 0.2) is 18.3 Å². The van der Waals surface area contributed by atoms with Crippen molar-refractivity contribution >= 4 is 5.69 Å². The minimum absolute atomic E-state index is 0.657. The summed E-state index contributed by atoms with van der Waals surface area (Å²) in [7, 11) is 1.95. The summed E-state index contributed by atoms with van der Waals surface area (Å²) < 4.78 is 0. The number of hydrogen-bond donors (Lipinski definition) is 1. The summed E-state index contributed by atoms with van der Waals surface area (Å²) in [5.41, 5.74) is 2.42. The first-order chi connectivity index (χ1) is 8.70. The molecule has 100 valence electrons. The molecule has 1 fully saturated rings. The van der Waals surface area contributed by atoms with E-state index in [9.17, 15) is 0 Å². The van der Waals surface area contributed by atoms with E-state index in [4.69, 9.17) is 0 Å². The van der Waals surface area contributed by atoms with Gasteiger partial charge in [-0.25, -0.2) is 0 Å². The predicted octanol–water partition coefficient (Wildman–Crippen LogP) is 1.33. The molecule has 0 aromatic carbocycles. The molecule has 0 atom stereocenters. The quantitative estimate of drug-likeness (QED) is 0.871. The summed E-state index contributed by atoms with van der Waals surface area (Å²) in [5.74, 6) is 0. The monoisotopic (exact) mass is 248 g/mol. The standard InChI is InChI=1S/C14H24N4/c1-12(2)17-6-8-18(9-7-17)14-4-5-16-13(10-14)11-15-3/h4-5,10,12,15H,6-9,11H2,1-3H3. The highest BCUT2D eigenvalue weighted by molar-refractivity contribution is 5.47. The van der Waals surface area contributed by atoms with Gasteiger partial charge in [0.1, 0.15) is 0 Å². The van der Waals surface area contributed by atoms with Gasteiger partial charge in [-0.15, -0.1) is 0 Å². The second-order valence-electron chi connectivity index (χ2n) is 5.15. The lowest BCUT2D eigenvalue weighted by atomic mass is 10.2. The van der Waals surface area contributed by atoms with Crippen LogP contribution in [0.5, 0.6) is 0 Å². The van der Waals surface area contributed by atoms with Gasteiger partial charge in [0.25, 0.3) is 0 Å². The topological polar surface area (TPSA) is 31.4 Å². The van der Waals surface area contributed by atoms with Crippen molar-refractivity contribution in [3.05, 3.63) is 24.0 Å². The molecular weight excluding hydrogens is 224 g/mol. The zero-order valence-electron chi connectivity index (χ0n) is 11.7. The van der Waals surface area contributed by atoms with Crippen LogP contribution in [-0.2, 0) is 6.54 Å². The average molecular weight is 248 g/mol. The van der Waals surface area contributed by atoms with Gasteiger partial charge < -0.3 is 10.2 Å². The van der Waals surface area contributed by atoms with Gasteiger partial charge >= 0.3 is 0 Å². The molecule has 0 radical (unpaired) electrons. The fourth-order valence-electron chi connectivity index (χ4n) is 2.44. The molecule has 4 nitrogen and oxygen atoms in total. The van der Waals surface area contributed by atoms with Crippen molar-refractivity contribution in [2.45, 2.75) is 26.4 Å². The molecule has 1 N–H and O–H groups in total. The van der Waals surface area contributed by atoms with E-state index < -0.39 is 0 Å². The lowest BCUT2D eigenvalue weighted by molar-refractivity contribution is 0.209. The van der Waals surface area contributed by atoms with E-state index >= 15 is 0 Å². The molecule has 1 aliphatic rings. The lowest BCUT2D eigenvalue weighted by Crippen LogP contribution is -2.48. The summed E-state index contributed by atoms with van der Waals surface area (Å²) in [6, 6.07) is 4.97. The Bertz CT molecular complexity index is 370. The highest BCUT2D eigenvalue weighted by Gasteiger charge is 2.19. The Morgan fingerprint density at radius 2 is 2.00 bits per heavy atom. The van der Waals surface area contributed by atoms with Crippen molar-refractivity contribution in [2.24, 2.45) is 0 Å². The van der Waals surface area contributed by atoms with Crippen LogP contribution in [0.4, 0.5) is 5.69 Å². The average Bonchev–Trinajstić information content (AvgIpc) is 2.39. The molecule has 1 aliphatic heterocycles. The van der Waals surface area contributed by atoms with Crippen LogP contribution in [-0.4, -0.2) is 49.2 Å². The number of anilines is 1. The molecule has 1 aromatic heterocycles. The smallest absolute Gasteiger partial charge is 0.0562 e. The first-order valence-corrected chi connectivity index (χ1v) is 6.79. The third-order valence-corrected chi connectivity index (χ3v) is 3.57. The zero-order chi connectivity index (χ0) is 13.0. The van der Waals surface area contributed by atoms with Crippen LogP contribution in [0.1, 0.15) is 19.5 Å². The molecule has 0 spiro atoms. The number of nitrogens with one attached hydrogen (secondary N) is 1. The normalized spacial score (nSPS) is 17.4. The molecule has 2 rings (SSSR count). The number of piperazine rings is 1. The minimum atomic E-state index is 0.657. The lowest BCUT2D eigenvalue weighted by Gasteiger charge is -2.38. The second-order valence-corrected chi connectivity index (χ2v) is 5.15. The molecule has 0 saturated carbocycles. The Balaban J connectivity index is 1.98. The zero-order valence-corrected chi connectivity index (χ0v) is 11.7. The fraction of sp³-hybridized carbons (Fsp3) is 0.643. The fourth-order valence-corrected chi connectivity index (χ4v) is 2.44. The third-order valence-electron chi connectivity index (χ3n) is 3.57. The summed E-state index contributed by atoms with van der Waals surface area (Å²) >= 11 is 0. The Hall–Kier alpha value is -1.13. The van der Waals surface area contributed by atoms with Crippen molar-refractivity contribution in [2.75, 3.05) is 38.1 Å². The second kappa shape index (κ2) is 6.16. The van der Waals surface area contributed by atoms with E-state index in [2.05, 4.69) is 46.1 Å². The van der Waals surface area contributed by atoms with E-state index in [0.29, 0.717) is 6.04 Å². The Morgan fingerprint density at radius 1 is 1.28 bits per heavy atom. The third kappa shape index (κ3) is 3.21. The van der Waals surface area contributed by atoms with Crippen molar-refractivity contribution < 1.29 is 0 Å². The molecule has 1 aromatic rings. The highest BCUT2D eigenvalue weighted by Crippen LogP contribution is 2.17. The van der Waals surface area contributed by atoms with Crippen molar-refractivity contribution in [1.29, 1.82) is 0 Å². The van der Waals surface area contributed by atoms with Crippen LogP contribution in [0.3, 0.4) is 0 Å². The van der Waals surface area contributed by atoms with Gasteiger partial charge in [0.05, 0.1) is 5.69 Å². The van der Waals surface area contributed by atoms with Gasteiger partial charge in [0, 0.05) is 50.6 Å². The van der Waals surface area contributed by atoms with E-state index in [-0.39, 0.29) is 0 Å². The van der Waals surface area contributed by atoms with Crippen LogP contribution >= 0.6 is 0 Å². The number of hydrogen-bond acceptors (Lipinski definition) is 4. The van der Waals surface area contributed by atoms with Crippen molar-refractivity contribution in [1.82, 2.24) is 15.2 Å². The number of pyridine rings is 1. The Morgan fingerprint density at radius 3 is 2.61 bits per heavy atom. The summed E-state index contributed by atoms with van der Waals surface area (Å²) in [5, 5.41) is 3.15. The maximum atomic E-state index is 4.37. The van der Waals surface area contributed by atoms with E-state index in [1.807, 2.05) is 13.2 Å². The molecule has 18 heavy (non-hydrogen) atoms. The first-order valence-electron chi connectivity index (χ1n) is 6.79. The molecule has 0 bridgehead atoms. The molecular formula is C14H24N4. The number of nitrogens with zero attached hydrogens (tertiary/aromatic N) is 3. The van der Waals surface area contributed by atoms with Crippen LogP contribution < -0.4 is 10.2 Å². The summed E-state index contributed by atoms with van der Waals surface area (Å²) in [6.45, 7) is 9.91. The molecule has 4 heteroatoms. The molecule has 2 heterocycles. The molecule has 0 amide bonds. The molecule has 0 aliphatic carbocycles. The van der Waals surface area contributed by atoms with Crippen LogP contribution in [0.2, 0.25) is 0 Å². The van der Waals surface area contributed by atoms with Crippen molar-refractivity contribution in [3.8, 4) is 0 Å². The van der Waals surface area contributed by atoms with Gasteiger partial charge in [-0.2, -0.15) is 0 Å². The predicted molar refractivity (Wildman–Crippen MR) is 75.9 cm³/mol. The van der Waals surface area contributed by atoms with Gasteiger partial charge in [0.2, 0.25) is 0 Å². The van der Waals surface area contributed by atoms with Crippen molar-refractivity contribution in [3.63, 3.8) is 0 Å². The number of aromatic nitrogens is 1. The SMILES string of the molecule is CNCc1cc(N2CCN(C(C)C)CC2)ccn1. The minimum Gasteiger partial charge on any atom is -0.369 e. The van der Waals surface area contributed by atoms with Gasteiger partial charge in [-0.05, 0) is 33.0 Å². The first kappa shape index (κ1) is 13.3. The largest absolute Gasteiger partial charge is 0.369 e. The number of rotatable bonds is 4. The van der Waals surface area contributed by atoms with Gasteiger partial charge in [0.15, 0.2) is 0 Å². The molecule has 0 unspecified atom stereocenters. The highest BCUT2D eigenvalue weighted by atomic mass is 15.3. The maximum Gasteiger partial charge on any atom is 0.0562 e. The van der Waals surface area contributed by atoms with Gasteiger partial charge in [-0.1, -0.05) is 0 Å². The summed E-state index contributed by atoms with van der Waals surface area (Å²) in [6.07, 6.45) is 1.91. The van der Waals surface area contributed by atoms with Crippen LogP contribution in [0.25, 0.3) is 0 Å². The van der Waals surface area contributed by atoms with Crippen LogP contribution in [0, 0.1) is 0 Å². The Kier molecular flexibility index (Phi) is 4.55. The summed E-state index contributed by atoms with van der Waals surface area (Å²) in [4.78, 5) is 9.36. The maximum absolute atomic E-state index is 4.37. The van der Waals surface area contributed by atoms with Gasteiger partial charge in [-0.3, -0.25) is 9.88 Å². The van der Waals surface area contributed by atoms with E-state index in [1.165, 1.54) is 5.69 Å². The Labute approximate surface area is 110 Å².